The lowest BCUT2D eigenvalue weighted by Gasteiger charge is -2.07. The third-order valence-electron chi connectivity index (χ3n) is 1.43. The molecule has 0 fully saturated rings. The van der Waals surface area contributed by atoms with Crippen LogP contribution in [-0.2, 0) is 4.79 Å². The fourth-order valence-electron chi connectivity index (χ4n) is 0.776. The summed E-state index contributed by atoms with van der Waals surface area (Å²) in [5, 5.41) is 1.53. The van der Waals surface area contributed by atoms with Crippen LogP contribution in [0.4, 0.5) is 23.2 Å². The number of anilines is 1. The summed E-state index contributed by atoms with van der Waals surface area (Å²) >= 11 is 2.83. The number of carbonyl (C=O) groups excluding carboxylic acids is 1. The van der Waals surface area contributed by atoms with Crippen LogP contribution in [0.5, 0.6) is 0 Å². The molecule has 1 N–H and O–H groups in total. The molecule has 0 aliphatic carbocycles. The number of benzene rings is 1. The van der Waals surface area contributed by atoms with Gasteiger partial charge in [-0.3, -0.25) is 4.79 Å². The van der Waals surface area contributed by atoms with Crippen LogP contribution in [0.2, 0.25) is 0 Å². The van der Waals surface area contributed by atoms with Crippen LogP contribution in [-0.4, -0.2) is 12.1 Å². The first-order chi connectivity index (χ1) is 6.80. The van der Waals surface area contributed by atoms with Crippen LogP contribution < -0.4 is 5.32 Å². The van der Waals surface area contributed by atoms with E-state index in [-0.39, 0.29) is 10.2 Å². The van der Waals surface area contributed by atoms with Gasteiger partial charge in [-0.1, -0.05) is 0 Å². The maximum Gasteiger partial charge on any atom is 0.471 e. The van der Waals surface area contributed by atoms with E-state index in [0.717, 1.165) is 12.1 Å². The minimum absolute atomic E-state index is 0.104. The molecular weight excluding hydrogens is 282 g/mol. The first-order valence-electron chi connectivity index (χ1n) is 3.64. The summed E-state index contributed by atoms with van der Waals surface area (Å²) in [7, 11) is 0. The van der Waals surface area contributed by atoms with Crippen molar-refractivity contribution in [3.8, 4) is 0 Å². The molecule has 0 bridgehead atoms. The molecule has 0 spiro atoms. The Morgan fingerprint density at radius 1 is 1.33 bits per heavy atom. The van der Waals surface area contributed by atoms with Gasteiger partial charge in [0.05, 0.1) is 4.47 Å². The molecule has 1 rings (SSSR count). The van der Waals surface area contributed by atoms with Crippen LogP contribution >= 0.6 is 15.9 Å². The second-order valence-corrected chi connectivity index (χ2v) is 3.44. The highest BCUT2D eigenvalue weighted by molar-refractivity contribution is 9.10. The average molecular weight is 286 g/mol. The van der Waals surface area contributed by atoms with Crippen molar-refractivity contribution in [1.29, 1.82) is 0 Å². The smallest absolute Gasteiger partial charge is 0.318 e. The average Bonchev–Trinajstić information content (AvgIpc) is 2.10. The van der Waals surface area contributed by atoms with Gasteiger partial charge in [0.15, 0.2) is 0 Å². The summed E-state index contributed by atoms with van der Waals surface area (Å²) < 4.78 is 48.3. The predicted molar refractivity (Wildman–Crippen MR) is 48.8 cm³/mol. The first-order valence-corrected chi connectivity index (χ1v) is 4.43. The van der Waals surface area contributed by atoms with Crippen LogP contribution in [0.15, 0.2) is 22.7 Å². The Balaban J connectivity index is 2.83. The number of nitrogens with one attached hydrogen (secondary N) is 1. The number of amides is 1. The van der Waals surface area contributed by atoms with Crippen molar-refractivity contribution < 1.29 is 22.4 Å². The maximum atomic E-state index is 12.8. The molecule has 15 heavy (non-hydrogen) atoms. The fraction of sp³-hybridized carbons (Fsp3) is 0.125. The van der Waals surface area contributed by atoms with Gasteiger partial charge in [0.2, 0.25) is 0 Å². The zero-order chi connectivity index (χ0) is 11.6. The van der Waals surface area contributed by atoms with Gasteiger partial charge in [-0.05, 0) is 34.1 Å². The summed E-state index contributed by atoms with van der Waals surface area (Å²) in [5.74, 6) is -2.89. The van der Waals surface area contributed by atoms with Gasteiger partial charge < -0.3 is 5.32 Å². The monoisotopic (exact) mass is 285 g/mol. The lowest BCUT2D eigenvalue weighted by atomic mass is 10.3. The highest BCUT2D eigenvalue weighted by atomic mass is 79.9. The summed E-state index contributed by atoms with van der Waals surface area (Å²) in [6, 6.07) is 3.13. The van der Waals surface area contributed by atoms with Crippen LogP contribution in [0.3, 0.4) is 0 Å². The Hall–Kier alpha value is -1.11. The van der Waals surface area contributed by atoms with Crippen molar-refractivity contribution in [2.24, 2.45) is 0 Å². The predicted octanol–water partition coefficient (Wildman–Crippen LogP) is 3.09. The molecule has 0 radical (unpaired) electrons. The fourth-order valence-corrected chi connectivity index (χ4v) is 1.02. The topological polar surface area (TPSA) is 29.1 Å². The van der Waals surface area contributed by atoms with Crippen molar-refractivity contribution >= 4 is 27.5 Å². The van der Waals surface area contributed by atoms with Gasteiger partial charge in [0.1, 0.15) is 5.82 Å². The summed E-state index contributed by atoms with van der Waals surface area (Å²) in [4.78, 5) is 10.5. The van der Waals surface area contributed by atoms with Gasteiger partial charge >= 0.3 is 12.1 Å². The molecule has 0 saturated carbocycles. The van der Waals surface area contributed by atoms with Crippen LogP contribution in [0.25, 0.3) is 0 Å². The minimum atomic E-state index is -4.98. The van der Waals surface area contributed by atoms with E-state index >= 15 is 0 Å². The van der Waals surface area contributed by atoms with Crippen molar-refractivity contribution in [3.63, 3.8) is 0 Å². The van der Waals surface area contributed by atoms with Crippen LogP contribution in [0.1, 0.15) is 0 Å². The Morgan fingerprint density at radius 2 is 1.93 bits per heavy atom. The number of hydrogen-bond acceptors (Lipinski definition) is 1. The normalized spacial score (nSPS) is 11.3. The van der Waals surface area contributed by atoms with E-state index in [0.29, 0.717) is 0 Å². The molecule has 0 atom stereocenters. The summed E-state index contributed by atoms with van der Waals surface area (Å²) in [6.07, 6.45) is -4.98. The largest absolute Gasteiger partial charge is 0.471 e. The second kappa shape index (κ2) is 4.18. The van der Waals surface area contributed by atoms with Gasteiger partial charge in [-0.2, -0.15) is 13.2 Å². The van der Waals surface area contributed by atoms with Crippen molar-refractivity contribution in [2.45, 2.75) is 6.18 Å². The van der Waals surface area contributed by atoms with E-state index < -0.39 is 17.9 Å². The Bertz CT molecular complexity index is 391. The molecule has 1 aromatic rings. The highest BCUT2D eigenvalue weighted by Crippen LogP contribution is 2.22. The Labute approximate surface area is 90.4 Å². The number of rotatable bonds is 1. The van der Waals surface area contributed by atoms with E-state index in [1.165, 1.54) is 11.4 Å². The standard InChI is InChI=1S/C8H4BrF4NO/c9-5-2-1-4(3-6(5)10)14-7(15)8(11,12)13/h1-3H,(H,14,15). The molecule has 0 aliphatic heterocycles. The molecule has 7 heteroatoms. The first kappa shape index (κ1) is 12.0. The zero-order valence-electron chi connectivity index (χ0n) is 7.03. The molecule has 1 amide bonds. The molecule has 0 unspecified atom stereocenters. The highest BCUT2D eigenvalue weighted by Gasteiger charge is 2.38. The minimum Gasteiger partial charge on any atom is -0.318 e. The second-order valence-electron chi connectivity index (χ2n) is 2.58. The Kier molecular flexibility index (Phi) is 3.33. The molecule has 1 aromatic carbocycles. The molecule has 0 aliphatic rings. The van der Waals surface area contributed by atoms with E-state index in [1.807, 2.05) is 0 Å². The Morgan fingerprint density at radius 3 is 2.40 bits per heavy atom. The van der Waals surface area contributed by atoms with Gasteiger partial charge in [0, 0.05) is 5.69 Å². The number of hydrogen-bond donors (Lipinski definition) is 1. The van der Waals surface area contributed by atoms with Crippen molar-refractivity contribution in [1.82, 2.24) is 0 Å². The zero-order valence-corrected chi connectivity index (χ0v) is 8.62. The molecule has 2 nitrogen and oxygen atoms in total. The number of alkyl halides is 3. The molecule has 0 heterocycles. The molecular formula is C8H4BrF4NO. The third kappa shape index (κ3) is 3.19. The quantitative estimate of drug-likeness (QED) is 0.790. The lowest BCUT2D eigenvalue weighted by molar-refractivity contribution is -0.167. The van der Waals surface area contributed by atoms with Gasteiger partial charge in [-0.25, -0.2) is 4.39 Å². The van der Waals surface area contributed by atoms with Gasteiger partial charge in [0.25, 0.3) is 0 Å². The van der Waals surface area contributed by atoms with Crippen molar-refractivity contribution in [3.05, 3.63) is 28.5 Å². The maximum absolute atomic E-state index is 12.8. The van der Waals surface area contributed by atoms with Crippen LogP contribution in [0, 0.1) is 5.82 Å². The number of carbonyl (C=O) groups is 1. The third-order valence-corrected chi connectivity index (χ3v) is 2.08. The van der Waals surface area contributed by atoms with E-state index in [1.54, 1.807) is 0 Å². The van der Waals surface area contributed by atoms with E-state index in [2.05, 4.69) is 15.9 Å². The van der Waals surface area contributed by atoms with E-state index in [9.17, 15) is 22.4 Å². The van der Waals surface area contributed by atoms with E-state index in [4.69, 9.17) is 0 Å². The summed E-state index contributed by atoms with van der Waals surface area (Å²) in [6.45, 7) is 0. The molecule has 0 aromatic heterocycles. The molecule has 0 saturated heterocycles. The van der Waals surface area contributed by atoms with Crippen molar-refractivity contribution in [2.75, 3.05) is 5.32 Å². The number of halogens is 5. The lowest BCUT2D eigenvalue weighted by Crippen LogP contribution is -2.29. The van der Waals surface area contributed by atoms with Gasteiger partial charge in [-0.15, -0.1) is 0 Å². The molecule has 82 valence electrons. The summed E-state index contributed by atoms with van der Waals surface area (Å²) in [5.41, 5.74) is -0.252. The SMILES string of the molecule is O=C(Nc1ccc(Br)c(F)c1)C(F)(F)F.